The normalized spacial score (nSPS) is 26.9. The van der Waals surface area contributed by atoms with Crippen molar-refractivity contribution in [3.05, 3.63) is 28.2 Å². The van der Waals surface area contributed by atoms with Crippen molar-refractivity contribution in [2.24, 2.45) is 16.8 Å². The monoisotopic (exact) mass is 309 g/mol. The van der Waals surface area contributed by atoms with Crippen LogP contribution in [0, 0.1) is 5.92 Å². The van der Waals surface area contributed by atoms with E-state index in [4.69, 9.17) is 10.9 Å². The van der Waals surface area contributed by atoms with Gasteiger partial charge < -0.3 is 15.8 Å². The second-order valence-corrected chi connectivity index (χ2v) is 5.96. The Morgan fingerprint density at radius 2 is 2.28 bits per heavy atom. The van der Waals surface area contributed by atoms with Crippen molar-refractivity contribution in [3.63, 3.8) is 0 Å². The van der Waals surface area contributed by atoms with Crippen molar-refractivity contribution in [2.45, 2.75) is 25.3 Å². The predicted molar refractivity (Wildman–Crippen MR) is 75.1 cm³/mol. The lowest BCUT2D eigenvalue weighted by molar-refractivity contribution is 0.318. The maximum absolute atomic E-state index is 8.94. The molecule has 1 aromatic rings. The van der Waals surface area contributed by atoms with Crippen LogP contribution in [0.1, 0.15) is 24.8 Å². The van der Waals surface area contributed by atoms with E-state index in [0.717, 1.165) is 28.2 Å². The number of hydrogen-bond acceptors (Lipinski definition) is 3. The first-order valence-corrected chi connectivity index (χ1v) is 7.03. The topological polar surface area (TPSA) is 61.9 Å². The van der Waals surface area contributed by atoms with Crippen molar-refractivity contribution >= 4 is 27.5 Å². The molecule has 96 valence electrons. The first kappa shape index (κ1) is 11.8. The quantitative estimate of drug-likeness (QED) is 0.382. The molecule has 3 rings (SSSR count). The second-order valence-electron chi connectivity index (χ2n) is 5.10. The van der Waals surface area contributed by atoms with Crippen molar-refractivity contribution in [1.82, 2.24) is 0 Å². The third-order valence-corrected chi connectivity index (χ3v) is 4.73. The number of anilines is 1. The van der Waals surface area contributed by atoms with Gasteiger partial charge in [-0.1, -0.05) is 11.2 Å². The summed E-state index contributed by atoms with van der Waals surface area (Å²) < 4.78 is 0.873. The zero-order valence-corrected chi connectivity index (χ0v) is 11.6. The number of amidine groups is 1. The minimum absolute atomic E-state index is 0.167. The summed E-state index contributed by atoms with van der Waals surface area (Å²) in [5, 5.41) is 12.1. The molecule has 0 amide bonds. The van der Waals surface area contributed by atoms with Crippen LogP contribution in [-0.4, -0.2) is 23.6 Å². The number of rotatable bonds is 2. The van der Waals surface area contributed by atoms with Crippen LogP contribution in [-0.2, 0) is 0 Å². The summed E-state index contributed by atoms with van der Waals surface area (Å²) in [5.41, 5.74) is 7.68. The number of hydrogen-bond donors (Lipinski definition) is 2. The summed E-state index contributed by atoms with van der Waals surface area (Å²) >= 11 is 3.49. The van der Waals surface area contributed by atoms with Crippen LogP contribution in [0.3, 0.4) is 0 Å². The molecule has 2 aliphatic rings. The van der Waals surface area contributed by atoms with E-state index >= 15 is 0 Å². The fourth-order valence-corrected chi connectivity index (χ4v) is 3.83. The van der Waals surface area contributed by atoms with Crippen LogP contribution in [0.25, 0.3) is 0 Å². The van der Waals surface area contributed by atoms with Gasteiger partial charge in [0.15, 0.2) is 5.84 Å². The summed E-state index contributed by atoms with van der Waals surface area (Å²) in [6, 6.07) is 6.60. The highest BCUT2D eigenvalue weighted by atomic mass is 79.9. The molecular weight excluding hydrogens is 294 g/mol. The summed E-state index contributed by atoms with van der Waals surface area (Å²) in [7, 11) is 0. The van der Waals surface area contributed by atoms with Gasteiger partial charge in [-0.05, 0) is 53.2 Å². The maximum atomic E-state index is 8.94. The van der Waals surface area contributed by atoms with Gasteiger partial charge >= 0.3 is 0 Å². The Morgan fingerprint density at radius 1 is 1.44 bits per heavy atom. The lowest BCUT2D eigenvalue weighted by Gasteiger charge is -2.31. The molecule has 18 heavy (non-hydrogen) atoms. The van der Waals surface area contributed by atoms with Crippen LogP contribution in [0.2, 0.25) is 0 Å². The molecule has 1 heterocycles. The minimum atomic E-state index is 0.167. The number of benzene rings is 1. The molecule has 1 aliphatic heterocycles. The van der Waals surface area contributed by atoms with E-state index in [0.29, 0.717) is 6.04 Å². The van der Waals surface area contributed by atoms with E-state index in [1.54, 1.807) is 0 Å². The molecule has 2 atom stereocenters. The van der Waals surface area contributed by atoms with E-state index in [2.05, 4.69) is 32.1 Å². The Labute approximate surface area is 115 Å². The number of halogens is 1. The molecular formula is C13H16BrN3O. The summed E-state index contributed by atoms with van der Waals surface area (Å²) in [5.74, 6) is 0.981. The zero-order chi connectivity index (χ0) is 12.7. The van der Waals surface area contributed by atoms with Gasteiger partial charge in [0.05, 0.1) is 5.56 Å². The van der Waals surface area contributed by atoms with Gasteiger partial charge in [0.1, 0.15) is 0 Å². The highest BCUT2D eigenvalue weighted by Crippen LogP contribution is 2.42. The third kappa shape index (κ3) is 1.77. The molecule has 4 nitrogen and oxygen atoms in total. The molecule has 2 unspecified atom stereocenters. The zero-order valence-electron chi connectivity index (χ0n) is 10.0. The van der Waals surface area contributed by atoms with Crippen LogP contribution >= 0.6 is 15.9 Å². The van der Waals surface area contributed by atoms with Crippen LogP contribution in [0.4, 0.5) is 5.69 Å². The van der Waals surface area contributed by atoms with Crippen molar-refractivity contribution in [1.29, 1.82) is 0 Å². The van der Waals surface area contributed by atoms with Crippen molar-refractivity contribution < 1.29 is 5.21 Å². The highest BCUT2D eigenvalue weighted by Gasteiger charge is 2.38. The molecule has 0 spiro atoms. The number of nitrogens with zero attached hydrogens (tertiary/aromatic N) is 2. The van der Waals surface area contributed by atoms with Gasteiger partial charge in [-0.3, -0.25) is 0 Å². The number of nitrogens with two attached hydrogens (primary N) is 1. The first-order valence-electron chi connectivity index (χ1n) is 6.23. The summed E-state index contributed by atoms with van der Waals surface area (Å²) in [6.07, 6.45) is 3.88. The molecule has 2 fully saturated rings. The molecule has 0 radical (unpaired) electrons. The highest BCUT2D eigenvalue weighted by molar-refractivity contribution is 9.10. The Hall–Kier alpha value is -1.23. The lowest BCUT2D eigenvalue weighted by Crippen LogP contribution is -2.34. The van der Waals surface area contributed by atoms with E-state index in [1.807, 2.05) is 12.1 Å². The number of oxime groups is 1. The SMILES string of the molecule is N/C(=N/O)c1c(Br)cccc1N1CC2CCC1C2. The molecule has 2 bridgehead atoms. The smallest absolute Gasteiger partial charge is 0.173 e. The van der Waals surface area contributed by atoms with Gasteiger partial charge in [-0.2, -0.15) is 0 Å². The van der Waals surface area contributed by atoms with Crippen molar-refractivity contribution in [2.75, 3.05) is 11.4 Å². The van der Waals surface area contributed by atoms with Gasteiger partial charge in [-0.25, -0.2) is 0 Å². The number of piperidine rings is 1. The lowest BCUT2D eigenvalue weighted by atomic mass is 10.1. The largest absolute Gasteiger partial charge is 0.409 e. The molecule has 3 N–H and O–H groups in total. The Bertz CT molecular complexity index is 503. The van der Waals surface area contributed by atoms with Gasteiger partial charge in [0.25, 0.3) is 0 Å². The Balaban J connectivity index is 2.04. The molecule has 1 saturated carbocycles. The van der Waals surface area contributed by atoms with E-state index in [-0.39, 0.29) is 5.84 Å². The predicted octanol–water partition coefficient (Wildman–Crippen LogP) is 2.53. The molecule has 1 aromatic carbocycles. The first-order chi connectivity index (χ1) is 8.70. The van der Waals surface area contributed by atoms with E-state index in [9.17, 15) is 0 Å². The van der Waals surface area contributed by atoms with E-state index in [1.165, 1.54) is 19.3 Å². The minimum Gasteiger partial charge on any atom is -0.409 e. The molecule has 1 aliphatic carbocycles. The molecule has 5 heteroatoms. The van der Waals surface area contributed by atoms with Gasteiger partial charge in [-0.15, -0.1) is 0 Å². The summed E-state index contributed by atoms with van der Waals surface area (Å²) in [6.45, 7) is 1.09. The maximum Gasteiger partial charge on any atom is 0.173 e. The average molecular weight is 310 g/mol. The summed E-state index contributed by atoms with van der Waals surface area (Å²) in [4.78, 5) is 2.41. The fraction of sp³-hybridized carbons (Fsp3) is 0.462. The van der Waals surface area contributed by atoms with Gasteiger partial charge in [0.2, 0.25) is 0 Å². The Morgan fingerprint density at radius 3 is 2.89 bits per heavy atom. The molecule has 1 saturated heterocycles. The Kier molecular flexibility index (Phi) is 2.93. The van der Waals surface area contributed by atoms with E-state index < -0.39 is 0 Å². The standard InChI is InChI=1S/C13H16BrN3O/c14-10-2-1-3-11(12(10)13(15)16-18)17-7-8-4-5-9(17)6-8/h1-3,8-9,18H,4-7H2,(H2,15,16). The third-order valence-electron chi connectivity index (χ3n) is 4.07. The van der Waals surface area contributed by atoms with Crippen LogP contribution in [0.5, 0.6) is 0 Å². The fourth-order valence-electron chi connectivity index (χ4n) is 3.28. The van der Waals surface area contributed by atoms with Crippen LogP contribution < -0.4 is 10.6 Å². The van der Waals surface area contributed by atoms with Crippen LogP contribution in [0.15, 0.2) is 27.8 Å². The second kappa shape index (κ2) is 4.46. The van der Waals surface area contributed by atoms with Crippen molar-refractivity contribution in [3.8, 4) is 0 Å². The average Bonchev–Trinajstić information content (AvgIpc) is 2.99. The number of fused-ring (bicyclic) bond motifs is 2. The van der Waals surface area contributed by atoms with Gasteiger partial charge in [0, 0.05) is 22.7 Å². The molecule has 0 aromatic heterocycles.